The number of imide groups is 1. The summed E-state index contributed by atoms with van der Waals surface area (Å²) in [5.74, 6) is -4.57. The lowest BCUT2D eigenvalue weighted by molar-refractivity contribution is -0.154. The third-order valence-electron chi connectivity index (χ3n) is 6.20. The predicted molar refractivity (Wildman–Crippen MR) is 106 cm³/mol. The van der Waals surface area contributed by atoms with E-state index in [1.165, 1.54) is 6.07 Å². The van der Waals surface area contributed by atoms with Gasteiger partial charge in [-0.1, -0.05) is 6.07 Å². The molecule has 0 spiro atoms. The molecule has 1 heterocycles. The van der Waals surface area contributed by atoms with Crippen molar-refractivity contribution in [1.29, 1.82) is 0 Å². The first-order valence-electron chi connectivity index (χ1n) is 9.75. The number of nitrogens with one attached hydrogen (secondary N) is 1. The Morgan fingerprint density at radius 1 is 1.09 bits per heavy atom. The summed E-state index contributed by atoms with van der Waals surface area (Å²) in [5, 5.41) is 1.34. The number of esters is 1. The predicted octanol–water partition coefficient (Wildman–Crippen LogP) is 2.65. The second-order valence-electron chi connectivity index (χ2n) is 8.05. The molecule has 2 saturated carbocycles. The van der Waals surface area contributed by atoms with Crippen LogP contribution in [0.15, 0.2) is 24.3 Å². The highest BCUT2D eigenvalue weighted by Gasteiger charge is 2.66. The summed E-state index contributed by atoms with van der Waals surface area (Å²) in [4.78, 5) is 50.2. The number of alkyl halides is 5. The van der Waals surface area contributed by atoms with E-state index in [9.17, 15) is 32.3 Å². The average molecular weight is 493 g/mol. The molecule has 172 valence electrons. The number of ether oxygens (including phenoxy) is 1. The minimum atomic E-state index is -4.58. The smallest absolute Gasteiger partial charge is 0.416 e. The van der Waals surface area contributed by atoms with Gasteiger partial charge in [-0.05, 0) is 36.5 Å². The summed E-state index contributed by atoms with van der Waals surface area (Å²) in [5.41, 5.74) is -1.07. The number of fused-ring (bicyclic) bond motifs is 5. The first-order valence-corrected chi connectivity index (χ1v) is 10.6. The van der Waals surface area contributed by atoms with Crippen LogP contribution >= 0.6 is 23.2 Å². The van der Waals surface area contributed by atoms with Gasteiger partial charge in [0.05, 0.1) is 28.2 Å². The van der Waals surface area contributed by atoms with Gasteiger partial charge in [-0.15, -0.1) is 23.2 Å². The van der Waals surface area contributed by atoms with Crippen LogP contribution in [0.25, 0.3) is 0 Å². The van der Waals surface area contributed by atoms with Crippen molar-refractivity contribution in [2.45, 2.75) is 23.4 Å². The van der Waals surface area contributed by atoms with Crippen molar-refractivity contribution in [2.24, 2.45) is 23.7 Å². The highest BCUT2D eigenvalue weighted by Crippen LogP contribution is 2.59. The second-order valence-corrected chi connectivity index (χ2v) is 9.06. The number of anilines is 1. The molecule has 3 fully saturated rings. The SMILES string of the molecule is O=C(COC(=O)CN1C(=O)[C@@H]2[C@H]3C[C@@H]([C@H](Cl)[C@H]3Cl)[C@@H]2C1=O)Nc1cccc(C(F)(F)F)c1. The molecule has 1 saturated heterocycles. The van der Waals surface area contributed by atoms with E-state index < -0.39 is 71.2 Å². The summed E-state index contributed by atoms with van der Waals surface area (Å²) in [6.45, 7) is -1.46. The third kappa shape index (κ3) is 3.94. The lowest BCUT2D eigenvalue weighted by atomic mass is 9.80. The van der Waals surface area contributed by atoms with Crippen LogP contribution in [-0.2, 0) is 30.1 Å². The monoisotopic (exact) mass is 492 g/mol. The van der Waals surface area contributed by atoms with Crippen LogP contribution in [0, 0.1) is 23.7 Å². The molecular weight excluding hydrogens is 476 g/mol. The molecule has 0 unspecified atom stereocenters. The zero-order valence-corrected chi connectivity index (χ0v) is 17.8. The van der Waals surface area contributed by atoms with Crippen molar-refractivity contribution >= 4 is 52.6 Å². The third-order valence-corrected chi connectivity index (χ3v) is 7.52. The van der Waals surface area contributed by atoms with Gasteiger partial charge in [-0.2, -0.15) is 13.2 Å². The molecule has 7 nitrogen and oxygen atoms in total. The van der Waals surface area contributed by atoms with Crippen molar-refractivity contribution in [2.75, 3.05) is 18.5 Å². The van der Waals surface area contributed by atoms with E-state index in [1.807, 2.05) is 0 Å². The Morgan fingerprint density at radius 3 is 2.25 bits per heavy atom. The number of carbonyl (C=O) groups is 4. The number of nitrogens with zero attached hydrogens (tertiary/aromatic N) is 1. The lowest BCUT2D eigenvalue weighted by Crippen LogP contribution is -2.38. The van der Waals surface area contributed by atoms with E-state index in [4.69, 9.17) is 27.9 Å². The highest BCUT2D eigenvalue weighted by atomic mass is 35.5. The lowest BCUT2D eigenvalue weighted by Gasteiger charge is -2.28. The summed E-state index contributed by atoms with van der Waals surface area (Å²) in [6.07, 6.45) is -3.99. The number of halogens is 5. The Hall–Kier alpha value is -2.33. The van der Waals surface area contributed by atoms with Gasteiger partial charge in [0.15, 0.2) is 6.61 Å². The minimum Gasteiger partial charge on any atom is -0.454 e. The van der Waals surface area contributed by atoms with Crippen molar-refractivity contribution in [3.05, 3.63) is 29.8 Å². The minimum absolute atomic E-state index is 0.125. The number of amides is 3. The molecule has 2 bridgehead atoms. The first kappa shape index (κ1) is 22.8. The van der Waals surface area contributed by atoms with Gasteiger partial charge in [0.2, 0.25) is 11.8 Å². The fraction of sp³-hybridized carbons (Fsp3) is 0.500. The van der Waals surface area contributed by atoms with Crippen LogP contribution < -0.4 is 5.32 Å². The second kappa shape index (κ2) is 8.22. The Kier molecular flexibility index (Phi) is 5.87. The van der Waals surface area contributed by atoms with Gasteiger partial charge >= 0.3 is 12.1 Å². The van der Waals surface area contributed by atoms with Crippen molar-refractivity contribution in [3.63, 3.8) is 0 Å². The molecule has 6 atom stereocenters. The molecule has 0 radical (unpaired) electrons. The van der Waals surface area contributed by atoms with Crippen molar-refractivity contribution in [3.8, 4) is 0 Å². The number of benzene rings is 1. The number of hydrogen-bond donors (Lipinski definition) is 1. The number of carbonyl (C=O) groups excluding carboxylic acids is 4. The Balaban J connectivity index is 1.31. The zero-order valence-electron chi connectivity index (χ0n) is 16.3. The standard InChI is InChI=1S/C20H17Cl2F3N2O5/c21-16-10-5-11(17(16)22)15-14(10)18(30)27(19(15)31)6-13(29)32-7-12(28)26-9-3-1-2-8(4-9)20(23,24)25/h1-4,10-11,14-17H,5-7H2,(H,26,28)/t10-,11-,14-,15+,16+,17+/m1/s1. The normalized spacial score (nSPS) is 31.1. The Labute approximate surface area is 190 Å². The van der Waals surface area contributed by atoms with E-state index in [1.54, 1.807) is 0 Å². The van der Waals surface area contributed by atoms with Gasteiger partial charge in [0.1, 0.15) is 6.54 Å². The number of rotatable bonds is 5. The van der Waals surface area contributed by atoms with Crippen molar-refractivity contribution < 1.29 is 37.1 Å². The molecule has 12 heteroatoms. The Morgan fingerprint density at radius 2 is 1.69 bits per heavy atom. The number of likely N-dealkylation sites (tertiary alicyclic amines) is 1. The molecule has 2 aliphatic carbocycles. The molecule has 1 aromatic carbocycles. The summed E-state index contributed by atoms with van der Waals surface area (Å²) >= 11 is 12.5. The maximum absolute atomic E-state index is 12.7. The molecule has 1 aliphatic heterocycles. The molecular formula is C20H17Cl2F3N2O5. The van der Waals surface area contributed by atoms with Gasteiger partial charge in [-0.25, -0.2) is 0 Å². The van der Waals surface area contributed by atoms with E-state index >= 15 is 0 Å². The molecule has 0 aromatic heterocycles. The number of hydrogen-bond acceptors (Lipinski definition) is 5. The molecule has 1 aromatic rings. The van der Waals surface area contributed by atoms with E-state index in [0.29, 0.717) is 6.42 Å². The fourth-order valence-corrected chi connectivity index (χ4v) is 5.75. The van der Waals surface area contributed by atoms with Crippen LogP contribution in [-0.4, -0.2) is 52.5 Å². The molecule has 3 amide bonds. The van der Waals surface area contributed by atoms with E-state index in [-0.39, 0.29) is 17.5 Å². The van der Waals surface area contributed by atoms with E-state index in [2.05, 4.69) is 5.32 Å². The summed E-state index contributed by atoms with van der Waals surface area (Å²) in [6, 6.07) is 3.95. The van der Waals surface area contributed by atoms with Gasteiger partial charge in [0.25, 0.3) is 5.91 Å². The van der Waals surface area contributed by atoms with Crippen LogP contribution in [0.1, 0.15) is 12.0 Å². The molecule has 32 heavy (non-hydrogen) atoms. The maximum atomic E-state index is 12.7. The highest BCUT2D eigenvalue weighted by molar-refractivity contribution is 6.31. The van der Waals surface area contributed by atoms with Gasteiger partial charge in [0, 0.05) is 5.69 Å². The summed E-state index contributed by atoms with van der Waals surface area (Å²) in [7, 11) is 0. The van der Waals surface area contributed by atoms with Crippen LogP contribution in [0.4, 0.5) is 18.9 Å². The van der Waals surface area contributed by atoms with Gasteiger partial charge < -0.3 is 10.1 Å². The molecule has 1 N–H and O–H groups in total. The zero-order chi connectivity index (χ0) is 23.4. The molecule has 3 aliphatic rings. The average Bonchev–Trinajstić information content (AvgIpc) is 3.33. The molecule has 4 rings (SSSR count). The summed E-state index contributed by atoms with van der Waals surface area (Å²) < 4.78 is 43.0. The first-order chi connectivity index (χ1) is 15.0. The maximum Gasteiger partial charge on any atom is 0.416 e. The van der Waals surface area contributed by atoms with Crippen LogP contribution in [0.3, 0.4) is 0 Å². The largest absolute Gasteiger partial charge is 0.454 e. The van der Waals surface area contributed by atoms with Crippen LogP contribution in [0.2, 0.25) is 0 Å². The van der Waals surface area contributed by atoms with Gasteiger partial charge in [-0.3, -0.25) is 24.1 Å². The topological polar surface area (TPSA) is 92.8 Å². The quantitative estimate of drug-likeness (QED) is 0.387. The van der Waals surface area contributed by atoms with Crippen molar-refractivity contribution in [1.82, 2.24) is 4.90 Å². The Bertz CT molecular complexity index is 956. The van der Waals surface area contributed by atoms with Crippen LogP contribution in [0.5, 0.6) is 0 Å². The fourth-order valence-electron chi connectivity index (χ4n) is 4.86. The van der Waals surface area contributed by atoms with E-state index in [0.717, 1.165) is 23.1 Å².